The van der Waals surface area contributed by atoms with E-state index in [1.165, 1.54) is 12.1 Å². The lowest BCUT2D eigenvalue weighted by atomic mass is 9.98. The van der Waals surface area contributed by atoms with E-state index in [0.29, 0.717) is 50.4 Å². The Balaban J connectivity index is 0.00000280. The van der Waals surface area contributed by atoms with Crippen molar-refractivity contribution < 1.29 is 18.3 Å². The summed E-state index contributed by atoms with van der Waals surface area (Å²) in [6.07, 6.45) is 1.71. The summed E-state index contributed by atoms with van der Waals surface area (Å²) < 4.78 is 32.2. The minimum Gasteiger partial charge on any atom is -0.492 e. The lowest BCUT2D eigenvalue weighted by molar-refractivity contribution is -0.129. The molecule has 0 spiro atoms. The third kappa shape index (κ3) is 6.17. The second kappa shape index (κ2) is 10.4. The van der Waals surface area contributed by atoms with Crippen LogP contribution in [0.15, 0.2) is 42.5 Å². The molecule has 1 saturated heterocycles. The predicted octanol–water partition coefficient (Wildman–Crippen LogP) is 3.36. The number of rotatable bonds is 7. The molecule has 1 aliphatic heterocycles. The Bertz CT molecular complexity index is 783. The SMILES string of the molecule is Cl.NCCOc1cccc(CC(=O)N2CCC(Cc3cc(F)cc(F)c3)C2)c1. The largest absolute Gasteiger partial charge is 0.492 e. The number of nitrogens with two attached hydrogens (primary N) is 1. The molecule has 0 bridgehead atoms. The van der Waals surface area contributed by atoms with Crippen LogP contribution in [0.3, 0.4) is 0 Å². The topological polar surface area (TPSA) is 55.6 Å². The van der Waals surface area contributed by atoms with E-state index >= 15 is 0 Å². The Hall–Kier alpha value is -2.18. The van der Waals surface area contributed by atoms with Crippen LogP contribution in [0.25, 0.3) is 0 Å². The lowest BCUT2D eigenvalue weighted by Crippen LogP contribution is -2.30. The second-order valence-corrected chi connectivity index (χ2v) is 6.94. The van der Waals surface area contributed by atoms with Crippen LogP contribution >= 0.6 is 12.4 Å². The van der Waals surface area contributed by atoms with Gasteiger partial charge in [0.05, 0.1) is 6.42 Å². The van der Waals surface area contributed by atoms with Gasteiger partial charge >= 0.3 is 0 Å². The summed E-state index contributed by atoms with van der Waals surface area (Å²) in [5.74, 6) is -0.146. The molecule has 1 fully saturated rings. The summed E-state index contributed by atoms with van der Waals surface area (Å²) in [7, 11) is 0. The first kappa shape index (κ1) is 22.1. The third-order valence-electron chi connectivity index (χ3n) is 4.73. The summed E-state index contributed by atoms with van der Waals surface area (Å²) in [5.41, 5.74) is 6.96. The smallest absolute Gasteiger partial charge is 0.227 e. The van der Waals surface area contributed by atoms with Crippen LogP contribution in [0.4, 0.5) is 8.78 Å². The van der Waals surface area contributed by atoms with Gasteiger partial charge < -0.3 is 15.4 Å². The number of halogens is 3. The van der Waals surface area contributed by atoms with Crippen LogP contribution < -0.4 is 10.5 Å². The molecule has 0 aliphatic carbocycles. The predicted molar refractivity (Wildman–Crippen MR) is 107 cm³/mol. The maximum absolute atomic E-state index is 13.3. The fourth-order valence-electron chi connectivity index (χ4n) is 3.50. The minimum absolute atomic E-state index is 0. The molecule has 0 saturated carbocycles. The van der Waals surface area contributed by atoms with Crippen molar-refractivity contribution in [2.45, 2.75) is 19.3 Å². The fourth-order valence-corrected chi connectivity index (χ4v) is 3.50. The molecule has 0 aromatic heterocycles. The van der Waals surface area contributed by atoms with E-state index in [1.54, 1.807) is 0 Å². The highest BCUT2D eigenvalue weighted by atomic mass is 35.5. The van der Waals surface area contributed by atoms with Gasteiger partial charge in [0.1, 0.15) is 24.0 Å². The molecule has 4 nitrogen and oxygen atoms in total. The Morgan fingerprint density at radius 2 is 1.89 bits per heavy atom. The van der Waals surface area contributed by atoms with Crippen LogP contribution in [-0.4, -0.2) is 37.0 Å². The average Bonchev–Trinajstić information content (AvgIpc) is 3.08. The molecule has 1 unspecified atom stereocenters. The number of nitrogens with zero attached hydrogens (tertiary/aromatic N) is 1. The molecule has 3 rings (SSSR count). The molecule has 2 aromatic carbocycles. The Morgan fingerprint density at radius 3 is 2.61 bits per heavy atom. The number of benzene rings is 2. The molecule has 7 heteroatoms. The van der Waals surface area contributed by atoms with Gasteiger partial charge in [-0.1, -0.05) is 12.1 Å². The normalized spacial score (nSPS) is 16.0. The molecular weight excluding hydrogens is 386 g/mol. The van der Waals surface area contributed by atoms with E-state index in [4.69, 9.17) is 10.5 Å². The fraction of sp³-hybridized carbons (Fsp3) is 0.381. The summed E-state index contributed by atoms with van der Waals surface area (Å²) in [6.45, 7) is 2.16. The second-order valence-electron chi connectivity index (χ2n) is 6.94. The van der Waals surface area contributed by atoms with Gasteiger partial charge in [-0.15, -0.1) is 12.4 Å². The Kier molecular flexibility index (Phi) is 8.20. The van der Waals surface area contributed by atoms with Crippen LogP contribution in [-0.2, 0) is 17.6 Å². The highest BCUT2D eigenvalue weighted by Gasteiger charge is 2.26. The van der Waals surface area contributed by atoms with Gasteiger partial charge in [0.15, 0.2) is 0 Å². The van der Waals surface area contributed by atoms with Gasteiger partial charge in [0.2, 0.25) is 5.91 Å². The summed E-state index contributed by atoms with van der Waals surface area (Å²) >= 11 is 0. The van der Waals surface area contributed by atoms with E-state index in [9.17, 15) is 13.6 Å². The van der Waals surface area contributed by atoms with Crippen molar-refractivity contribution in [3.63, 3.8) is 0 Å². The van der Waals surface area contributed by atoms with Gasteiger partial charge in [0.25, 0.3) is 0 Å². The highest BCUT2D eigenvalue weighted by Crippen LogP contribution is 2.23. The number of carbonyl (C=O) groups excluding carboxylic acids is 1. The zero-order valence-electron chi connectivity index (χ0n) is 15.6. The Morgan fingerprint density at radius 1 is 1.14 bits per heavy atom. The van der Waals surface area contributed by atoms with Crippen molar-refractivity contribution in [3.8, 4) is 5.75 Å². The van der Waals surface area contributed by atoms with Gasteiger partial charge in [-0.2, -0.15) is 0 Å². The monoisotopic (exact) mass is 410 g/mol. The van der Waals surface area contributed by atoms with E-state index in [0.717, 1.165) is 18.1 Å². The minimum atomic E-state index is -0.562. The first-order chi connectivity index (χ1) is 13.0. The van der Waals surface area contributed by atoms with Crippen molar-refractivity contribution in [1.29, 1.82) is 0 Å². The molecule has 0 radical (unpaired) electrons. The summed E-state index contributed by atoms with van der Waals surface area (Å²) in [4.78, 5) is 14.4. The molecular formula is C21H25ClF2N2O2. The summed E-state index contributed by atoms with van der Waals surface area (Å²) in [5, 5.41) is 0. The van der Waals surface area contributed by atoms with Gasteiger partial charge in [-0.25, -0.2) is 8.78 Å². The van der Waals surface area contributed by atoms with Crippen molar-refractivity contribution in [2.24, 2.45) is 11.7 Å². The highest BCUT2D eigenvalue weighted by molar-refractivity contribution is 5.85. The maximum Gasteiger partial charge on any atom is 0.227 e. The Labute approximate surface area is 170 Å². The molecule has 1 aliphatic rings. The van der Waals surface area contributed by atoms with E-state index in [2.05, 4.69) is 0 Å². The lowest BCUT2D eigenvalue weighted by Gasteiger charge is -2.17. The molecule has 1 amide bonds. The molecule has 2 N–H and O–H groups in total. The number of hydrogen-bond donors (Lipinski definition) is 1. The van der Waals surface area contributed by atoms with Crippen LogP contribution in [0, 0.1) is 17.6 Å². The van der Waals surface area contributed by atoms with E-state index < -0.39 is 11.6 Å². The summed E-state index contributed by atoms with van der Waals surface area (Å²) in [6, 6.07) is 11.1. The van der Waals surface area contributed by atoms with Crippen molar-refractivity contribution in [2.75, 3.05) is 26.2 Å². The van der Waals surface area contributed by atoms with Crippen molar-refractivity contribution in [3.05, 3.63) is 65.2 Å². The van der Waals surface area contributed by atoms with Crippen LogP contribution in [0.2, 0.25) is 0 Å². The number of amides is 1. The molecule has 2 aromatic rings. The average molecular weight is 411 g/mol. The number of hydrogen-bond acceptors (Lipinski definition) is 3. The van der Waals surface area contributed by atoms with Crippen LogP contribution in [0.1, 0.15) is 17.5 Å². The zero-order chi connectivity index (χ0) is 19.2. The molecule has 152 valence electrons. The van der Waals surface area contributed by atoms with E-state index in [1.807, 2.05) is 29.2 Å². The first-order valence-electron chi connectivity index (χ1n) is 9.18. The first-order valence-corrected chi connectivity index (χ1v) is 9.18. The van der Waals surface area contributed by atoms with Crippen molar-refractivity contribution in [1.82, 2.24) is 4.90 Å². The van der Waals surface area contributed by atoms with Gasteiger partial charge in [0, 0.05) is 25.7 Å². The van der Waals surface area contributed by atoms with E-state index in [-0.39, 0.29) is 24.2 Å². The molecule has 28 heavy (non-hydrogen) atoms. The third-order valence-corrected chi connectivity index (χ3v) is 4.73. The number of ether oxygens (including phenoxy) is 1. The van der Waals surface area contributed by atoms with Crippen molar-refractivity contribution >= 4 is 18.3 Å². The number of likely N-dealkylation sites (tertiary alicyclic amines) is 1. The maximum atomic E-state index is 13.3. The molecule has 1 atom stereocenters. The molecule has 1 heterocycles. The zero-order valence-corrected chi connectivity index (χ0v) is 16.4. The van der Waals surface area contributed by atoms with Gasteiger partial charge in [-0.05, 0) is 54.2 Å². The van der Waals surface area contributed by atoms with Crippen LogP contribution in [0.5, 0.6) is 5.75 Å². The number of carbonyl (C=O) groups is 1. The van der Waals surface area contributed by atoms with Gasteiger partial charge in [-0.3, -0.25) is 4.79 Å². The quantitative estimate of drug-likeness (QED) is 0.761. The standard InChI is InChI=1S/C21H24F2N2O2.ClH/c22-18-9-17(10-19(23)13-18)8-16-4-6-25(14-16)21(26)12-15-2-1-3-20(11-15)27-7-5-24;/h1-3,9-11,13,16H,4-8,12,14,24H2;1H.